The number of carbonyl (C=O) groups excluding carboxylic acids is 1. The second kappa shape index (κ2) is 42.7. The molecule has 6 nitrogen and oxygen atoms in total. The predicted octanol–water partition coefficient (Wildman–Crippen LogP) is 12.5. The molecule has 0 fully saturated rings. The molecule has 0 radical (unpaired) electrons. The van der Waals surface area contributed by atoms with Gasteiger partial charge in [0.1, 0.15) is 12.2 Å². The van der Waals surface area contributed by atoms with Crippen LogP contribution in [0.1, 0.15) is 232 Å². The van der Waals surface area contributed by atoms with Crippen molar-refractivity contribution in [2.75, 3.05) is 6.61 Å². The molecule has 0 aliphatic heterocycles. The van der Waals surface area contributed by atoms with E-state index in [0.29, 0.717) is 19.3 Å². The molecule has 0 spiro atoms. The average Bonchev–Trinajstić information content (AvgIpc) is 3.18. The number of hydrogen-bond donors (Lipinski definition) is 5. The molecule has 5 N–H and O–H groups in total. The zero-order valence-corrected chi connectivity index (χ0v) is 35.7. The topological polar surface area (TPSA) is 110 Å². The van der Waals surface area contributed by atoms with Crippen LogP contribution in [0.4, 0.5) is 0 Å². The number of aliphatic hydroxyl groups excluding tert-OH is 4. The molecule has 4 atom stereocenters. The van der Waals surface area contributed by atoms with Gasteiger partial charge in [0.15, 0.2) is 0 Å². The molecule has 0 aromatic heterocycles. The number of amides is 1. The minimum Gasteiger partial charge on any atom is -0.394 e. The van der Waals surface area contributed by atoms with Gasteiger partial charge in [-0.2, -0.15) is 0 Å². The lowest BCUT2D eigenvalue weighted by molar-refractivity contribution is -0.132. The van der Waals surface area contributed by atoms with Crippen LogP contribution in [-0.2, 0) is 4.79 Å². The highest BCUT2D eigenvalue weighted by molar-refractivity contribution is 5.80. The lowest BCUT2D eigenvalue weighted by Crippen LogP contribution is -2.53. The molecule has 1 amide bonds. The van der Waals surface area contributed by atoms with Crippen molar-refractivity contribution in [3.05, 3.63) is 36.5 Å². The van der Waals surface area contributed by atoms with Crippen LogP contribution in [0, 0.1) is 0 Å². The zero-order valence-electron chi connectivity index (χ0n) is 35.7. The van der Waals surface area contributed by atoms with Crippen molar-refractivity contribution in [2.45, 2.75) is 257 Å². The van der Waals surface area contributed by atoms with E-state index >= 15 is 0 Å². The first-order valence-corrected chi connectivity index (χ1v) is 23.4. The Balaban J connectivity index is 3.67. The monoisotopic (exact) mass is 762 g/mol. The van der Waals surface area contributed by atoms with Crippen molar-refractivity contribution in [1.82, 2.24) is 5.32 Å². The standard InChI is InChI=1S/C48H91NO5/c1-3-5-7-9-11-13-15-17-18-19-20-21-22-23-24-25-26-27-28-30-32-34-36-38-40-42-46(52)48(54)49-44(43-50)47(53)45(51)41-39-37-35-33-31-29-16-14-12-10-8-6-4-2/h6,8,14,16,33,35,44-47,50-53H,3-5,7,9-13,15,17-32,34,36-43H2,1-2H3,(H,49,54)/b8-6+,16-14+,35-33+. The van der Waals surface area contributed by atoms with E-state index in [-0.39, 0.29) is 0 Å². The molecule has 0 aliphatic rings. The van der Waals surface area contributed by atoms with Crippen molar-refractivity contribution in [3.63, 3.8) is 0 Å². The van der Waals surface area contributed by atoms with Crippen LogP contribution in [0.3, 0.4) is 0 Å². The van der Waals surface area contributed by atoms with Gasteiger partial charge in [-0.05, 0) is 57.8 Å². The summed E-state index contributed by atoms with van der Waals surface area (Å²) in [5, 5.41) is 43.6. The molecular weight excluding hydrogens is 671 g/mol. The van der Waals surface area contributed by atoms with Crippen LogP contribution >= 0.6 is 0 Å². The van der Waals surface area contributed by atoms with Gasteiger partial charge < -0.3 is 25.7 Å². The van der Waals surface area contributed by atoms with Gasteiger partial charge in [0, 0.05) is 0 Å². The van der Waals surface area contributed by atoms with Gasteiger partial charge in [0.2, 0.25) is 5.91 Å². The van der Waals surface area contributed by atoms with E-state index in [4.69, 9.17) is 0 Å². The first-order chi connectivity index (χ1) is 26.5. The molecule has 0 aromatic rings. The normalized spacial score (nSPS) is 14.4. The molecule has 318 valence electrons. The molecule has 4 unspecified atom stereocenters. The van der Waals surface area contributed by atoms with Crippen LogP contribution in [0.25, 0.3) is 0 Å². The van der Waals surface area contributed by atoms with Crippen LogP contribution in [0.5, 0.6) is 0 Å². The van der Waals surface area contributed by atoms with Crippen LogP contribution in [0.2, 0.25) is 0 Å². The molecule has 0 bridgehead atoms. The van der Waals surface area contributed by atoms with E-state index in [1.165, 1.54) is 141 Å². The highest BCUT2D eigenvalue weighted by Gasteiger charge is 2.28. The second-order valence-electron chi connectivity index (χ2n) is 16.1. The summed E-state index contributed by atoms with van der Waals surface area (Å²) in [5.74, 6) is -0.598. The Kier molecular flexibility index (Phi) is 41.5. The van der Waals surface area contributed by atoms with Gasteiger partial charge in [-0.15, -0.1) is 0 Å². The maximum absolute atomic E-state index is 12.5. The van der Waals surface area contributed by atoms with E-state index in [2.05, 4.69) is 55.6 Å². The third-order valence-electron chi connectivity index (χ3n) is 10.8. The van der Waals surface area contributed by atoms with Crippen molar-refractivity contribution < 1.29 is 25.2 Å². The lowest BCUT2D eigenvalue weighted by Gasteiger charge is -2.27. The summed E-state index contributed by atoms with van der Waals surface area (Å²) in [5.41, 5.74) is 0. The first kappa shape index (κ1) is 52.5. The van der Waals surface area contributed by atoms with Gasteiger partial charge in [0.05, 0.1) is 18.8 Å². The fourth-order valence-corrected chi connectivity index (χ4v) is 7.15. The minimum atomic E-state index is -1.29. The Hall–Kier alpha value is -1.47. The molecule has 0 aliphatic carbocycles. The van der Waals surface area contributed by atoms with Crippen LogP contribution < -0.4 is 5.32 Å². The van der Waals surface area contributed by atoms with Crippen molar-refractivity contribution >= 4 is 5.91 Å². The van der Waals surface area contributed by atoms with Crippen LogP contribution in [0.15, 0.2) is 36.5 Å². The molecule has 0 aromatic carbocycles. The SMILES string of the molecule is CC/C=C/CC/C=C/CC/C=C/CCCC(O)C(O)C(CO)NC(=O)C(O)CCCCCCCCCCCCCCCCCCCCCCCCCCC. The lowest BCUT2D eigenvalue weighted by atomic mass is 10.00. The van der Waals surface area contributed by atoms with Crippen molar-refractivity contribution in [3.8, 4) is 0 Å². The summed E-state index contributed by atoms with van der Waals surface area (Å²) in [4.78, 5) is 12.5. The number of rotatable bonds is 42. The van der Waals surface area contributed by atoms with Crippen molar-refractivity contribution in [2.24, 2.45) is 0 Å². The molecular formula is C48H91NO5. The number of allylic oxidation sites excluding steroid dienone is 6. The molecule has 6 heteroatoms. The van der Waals surface area contributed by atoms with Crippen LogP contribution in [-0.4, -0.2) is 57.3 Å². The molecule has 0 saturated heterocycles. The summed E-state index contributed by atoms with van der Waals surface area (Å²) in [7, 11) is 0. The quantitative estimate of drug-likeness (QED) is 0.0314. The minimum absolute atomic E-state index is 0.361. The van der Waals surface area contributed by atoms with Gasteiger partial charge in [0.25, 0.3) is 0 Å². The Morgan fingerprint density at radius 2 is 0.815 bits per heavy atom. The number of aliphatic hydroxyl groups is 4. The van der Waals surface area contributed by atoms with E-state index in [0.717, 1.165) is 57.8 Å². The van der Waals surface area contributed by atoms with E-state index in [1.54, 1.807) is 0 Å². The zero-order chi connectivity index (χ0) is 39.6. The maximum atomic E-state index is 12.5. The predicted molar refractivity (Wildman–Crippen MR) is 233 cm³/mol. The van der Waals surface area contributed by atoms with E-state index < -0.39 is 36.9 Å². The number of carbonyl (C=O) groups is 1. The molecule has 54 heavy (non-hydrogen) atoms. The van der Waals surface area contributed by atoms with Gasteiger partial charge in [-0.3, -0.25) is 4.79 Å². The first-order valence-electron chi connectivity index (χ1n) is 23.4. The Labute approximate surface area is 335 Å². The highest BCUT2D eigenvalue weighted by atomic mass is 16.3. The molecule has 0 rings (SSSR count). The number of nitrogens with one attached hydrogen (secondary N) is 1. The summed E-state index contributed by atoms with van der Waals surface area (Å²) in [6.45, 7) is 3.93. The largest absolute Gasteiger partial charge is 0.394 e. The highest BCUT2D eigenvalue weighted by Crippen LogP contribution is 2.17. The van der Waals surface area contributed by atoms with Gasteiger partial charge >= 0.3 is 0 Å². The average molecular weight is 762 g/mol. The Morgan fingerprint density at radius 1 is 0.463 bits per heavy atom. The third-order valence-corrected chi connectivity index (χ3v) is 10.8. The molecule has 0 saturated carbocycles. The fourth-order valence-electron chi connectivity index (χ4n) is 7.15. The summed E-state index contributed by atoms with van der Waals surface area (Å²) < 4.78 is 0. The second-order valence-corrected chi connectivity index (χ2v) is 16.1. The molecule has 0 heterocycles. The summed E-state index contributed by atoms with van der Waals surface area (Å²) >= 11 is 0. The Bertz CT molecular complexity index is 858. The smallest absolute Gasteiger partial charge is 0.249 e. The van der Waals surface area contributed by atoms with Gasteiger partial charge in [-0.25, -0.2) is 0 Å². The fraction of sp³-hybridized carbons (Fsp3) is 0.854. The third kappa shape index (κ3) is 36.2. The van der Waals surface area contributed by atoms with Crippen molar-refractivity contribution in [1.29, 1.82) is 0 Å². The van der Waals surface area contributed by atoms with E-state index in [9.17, 15) is 25.2 Å². The number of unbranched alkanes of at least 4 members (excludes halogenated alkanes) is 27. The van der Waals surface area contributed by atoms with Gasteiger partial charge in [-0.1, -0.05) is 211 Å². The van der Waals surface area contributed by atoms with E-state index in [1.807, 2.05) is 0 Å². The number of hydrogen-bond acceptors (Lipinski definition) is 5. The summed E-state index contributed by atoms with van der Waals surface area (Å²) in [6, 6.07) is -1.01. The summed E-state index contributed by atoms with van der Waals surface area (Å²) in [6.07, 6.45) is 50.5. The Morgan fingerprint density at radius 3 is 1.19 bits per heavy atom. The maximum Gasteiger partial charge on any atom is 0.249 e.